The lowest BCUT2D eigenvalue weighted by atomic mass is 9.69. The number of hydrogen-bond donors (Lipinski definition) is 0. The highest BCUT2D eigenvalue weighted by molar-refractivity contribution is 5.68. The van der Waals surface area contributed by atoms with Gasteiger partial charge < -0.3 is 9.64 Å². The molecule has 110 valence electrons. The fourth-order valence-electron chi connectivity index (χ4n) is 3.56. The first-order valence-electron chi connectivity index (χ1n) is 7.78. The second-order valence-electron chi connectivity index (χ2n) is 7.60. The molecular weight excluding hydrogens is 238 g/mol. The van der Waals surface area contributed by atoms with Crippen molar-refractivity contribution >= 4 is 6.09 Å². The van der Waals surface area contributed by atoms with Crippen molar-refractivity contribution in [3.8, 4) is 0 Å². The average Bonchev–Trinajstić information content (AvgIpc) is 2.81. The van der Waals surface area contributed by atoms with Crippen molar-refractivity contribution in [2.24, 2.45) is 11.3 Å². The molecule has 2 aliphatic rings. The molecule has 0 bridgehead atoms. The smallest absolute Gasteiger partial charge is 0.410 e. The summed E-state index contributed by atoms with van der Waals surface area (Å²) in [6, 6.07) is 0. The Morgan fingerprint density at radius 1 is 1.16 bits per heavy atom. The molecule has 0 aromatic heterocycles. The molecule has 0 aromatic carbocycles. The van der Waals surface area contributed by atoms with E-state index in [1.165, 1.54) is 25.7 Å². The number of carbonyl (C=O) groups excluding carboxylic acids is 1. The Morgan fingerprint density at radius 3 is 2.16 bits per heavy atom. The first-order valence-corrected chi connectivity index (χ1v) is 7.78. The van der Waals surface area contributed by atoms with Gasteiger partial charge in [-0.15, -0.1) is 0 Å². The zero-order chi connectivity index (χ0) is 14.1. The van der Waals surface area contributed by atoms with Gasteiger partial charge in [-0.25, -0.2) is 4.79 Å². The molecule has 19 heavy (non-hydrogen) atoms. The third-order valence-corrected chi connectivity index (χ3v) is 4.90. The number of amides is 1. The molecule has 1 saturated heterocycles. The molecule has 0 radical (unpaired) electrons. The van der Waals surface area contributed by atoms with Gasteiger partial charge in [0.15, 0.2) is 0 Å². The molecule has 1 heterocycles. The standard InChI is InChI=1S/C16H29NO2/c1-15(2,3)19-14(18)17-11-9-16(4,10-12-17)13-7-5-6-8-13/h13H,5-12H2,1-4H3. The van der Waals surface area contributed by atoms with Crippen LogP contribution in [0.2, 0.25) is 0 Å². The summed E-state index contributed by atoms with van der Waals surface area (Å²) in [5.74, 6) is 0.883. The van der Waals surface area contributed by atoms with Crippen LogP contribution in [0.3, 0.4) is 0 Å². The lowest BCUT2D eigenvalue weighted by molar-refractivity contribution is 0.00398. The lowest BCUT2D eigenvalue weighted by Gasteiger charge is -2.43. The van der Waals surface area contributed by atoms with Crippen LogP contribution in [0, 0.1) is 11.3 Å². The van der Waals surface area contributed by atoms with Crippen LogP contribution in [-0.4, -0.2) is 29.7 Å². The van der Waals surface area contributed by atoms with Crippen molar-refractivity contribution in [3.05, 3.63) is 0 Å². The van der Waals surface area contributed by atoms with Gasteiger partial charge in [0.05, 0.1) is 0 Å². The molecule has 2 fully saturated rings. The third kappa shape index (κ3) is 3.64. The van der Waals surface area contributed by atoms with Crippen LogP contribution in [0.5, 0.6) is 0 Å². The number of ether oxygens (including phenoxy) is 1. The van der Waals surface area contributed by atoms with Crippen LogP contribution in [0.15, 0.2) is 0 Å². The molecule has 1 aliphatic carbocycles. The van der Waals surface area contributed by atoms with Gasteiger partial charge >= 0.3 is 6.09 Å². The van der Waals surface area contributed by atoms with Crippen molar-refractivity contribution in [1.29, 1.82) is 0 Å². The topological polar surface area (TPSA) is 29.5 Å². The highest BCUT2D eigenvalue weighted by atomic mass is 16.6. The van der Waals surface area contributed by atoms with Gasteiger partial charge in [-0.05, 0) is 57.8 Å². The maximum atomic E-state index is 12.0. The normalized spacial score (nSPS) is 24.5. The van der Waals surface area contributed by atoms with Crippen molar-refractivity contribution in [2.45, 2.75) is 71.8 Å². The molecule has 2 rings (SSSR count). The predicted molar refractivity (Wildman–Crippen MR) is 77.1 cm³/mol. The van der Waals surface area contributed by atoms with Crippen molar-refractivity contribution in [2.75, 3.05) is 13.1 Å². The van der Waals surface area contributed by atoms with Crippen molar-refractivity contribution in [1.82, 2.24) is 4.90 Å². The predicted octanol–water partition coefficient (Wildman–Crippen LogP) is 4.21. The Balaban J connectivity index is 1.86. The van der Waals surface area contributed by atoms with Gasteiger partial charge in [0.2, 0.25) is 0 Å². The van der Waals surface area contributed by atoms with Crippen LogP contribution in [0.25, 0.3) is 0 Å². The molecule has 0 unspecified atom stereocenters. The lowest BCUT2D eigenvalue weighted by Crippen LogP contribution is -2.46. The summed E-state index contributed by atoms with van der Waals surface area (Å²) in [4.78, 5) is 13.9. The second-order valence-corrected chi connectivity index (χ2v) is 7.60. The van der Waals surface area contributed by atoms with Gasteiger partial charge in [-0.2, -0.15) is 0 Å². The van der Waals surface area contributed by atoms with E-state index in [4.69, 9.17) is 4.74 Å². The van der Waals surface area contributed by atoms with Crippen molar-refractivity contribution < 1.29 is 9.53 Å². The maximum absolute atomic E-state index is 12.0. The molecule has 0 atom stereocenters. The van der Waals surface area contributed by atoms with E-state index < -0.39 is 0 Å². The van der Waals surface area contributed by atoms with Crippen LogP contribution >= 0.6 is 0 Å². The number of rotatable bonds is 1. The number of piperidine rings is 1. The number of hydrogen-bond acceptors (Lipinski definition) is 2. The van der Waals surface area contributed by atoms with Crippen LogP contribution < -0.4 is 0 Å². The number of nitrogens with zero attached hydrogens (tertiary/aromatic N) is 1. The Labute approximate surface area is 117 Å². The van der Waals surface area contributed by atoms with Crippen LogP contribution in [0.1, 0.15) is 66.2 Å². The summed E-state index contributed by atoms with van der Waals surface area (Å²) in [6.07, 6.45) is 7.71. The zero-order valence-corrected chi connectivity index (χ0v) is 13.0. The monoisotopic (exact) mass is 267 g/mol. The summed E-state index contributed by atoms with van der Waals surface area (Å²) in [5.41, 5.74) is 0.0678. The van der Waals surface area contributed by atoms with E-state index in [1.54, 1.807) is 0 Å². The average molecular weight is 267 g/mol. The second kappa shape index (κ2) is 5.34. The highest BCUT2D eigenvalue weighted by Crippen LogP contribution is 2.46. The quantitative estimate of drug-likeness (QED) is 0.712. The molecule has 3 heteroatoms. The summed E-state index contributed by atoms with van der Waals surface area (Å²) in [6.45, 7) is 9.94. The summed E-state index contributed by atoms with van der Waals surface area (Å²) >= 11 is 0. The Morgan fingerprint density at radius 2 is 1.68 bits per heavy atom. The van der Waals surface area contributed by atoms with E-state index in [1.807, 2.05) is 25.7 Å². The van der Waals surface area contributed by atoms with Crippen LogP contribution in [-0.2, 0) is 4.74 Å². The van der Waals surface area contributed by atoms with E-state index in [-0.39, 0.29) is 11.7 Å². The zero-order valence-electron chi connectivity index (χ0n) is 13.0. The molecule has 1 saturated carbocycles. The Hall–Kier alpha value is -0.730. The van der Waals surface area contributed by atoms with E-state index >= 15 is 0 Å². The Bertz CT molecular complexity index is 318. The van der Waals surface area contributed by atoms with Gasteiger partial charge in [-0.1, -0.05) is 19.8 Å². The fraction of sp³-hybridized carbons (Fsp3) is 0.938. The summed E-state index contributed by atoms with van der Waals surface area (Å²) < 4.78 is 5.46. The largest absolute Gasteiger partial charge is 0.444 e. The number of likely N-dealkylation sites (tertiary alicyclic amines) is 1. The van der Waals surface area contributed by atoms with E-state index in [2.05, 4.69) is 6.92 Å². The van der Waals surface area contributed by atoms with Gasteiger partial charge in [0.25, 0.3) is 0 Å². The van der Waals surface area contributed by atoms with Crippen LogP contribution in [0.4, 0.5) is 4.79 Å². The number of carbonyl (C=O) groups is 1. The van der Waals surface area contributed by atoms with E-state index in [0.717, 1.165) is 31.8 Å². The van der Waals surface area contributed by atoms with Gasteiger partial charge in [0, 0.05) is 13.1 Å². The maximum Gasteiger partial charge on any atom is 0.410 e. The first kappa shape index (κ1) is 14.7. The third-order valence-electron chi connectivity index (χ3n) is 4.90. The molecule has 0 N–H and O–H groups in total. The molecule has 3 nitrogen and oxygen atoms in total. The molecule has 1 amide bonds. The minimum Gasteiger partial charge on any atom is -0.444 e. The minimum atomic E-state index is -0.386. The summed E-state index contributed by atoms with van der Waals surface area (Å²) in [5, 5.41) is 0. The van der Waals surface area contributed by atoms with E-state index in [9.17, 15) is 4.79 Å². The summed E-state index contributed by atoms with van der Waals surface area (Å²) in [7, 11) is 0. The highest BCUT2D eigenvalue weighted by Gasteiger charge is 2.40. The fourth-order valence-corrected chi connectivity index (χ4v) is 3.56. The Kier molecular flexibility index (Phi) is 4.12. The van der Waals surface area contributed by atoms with E-state index in [0.29, 0.717) is 5.41 Å². The molecule has 1 aliphatic heterocycles. The molecule has 0 spiro atoms. The van der Waals surface area contributed by atoms with Gasteiger partial charge in [0.1, 0.15) is 5.60 Å². The van der Waals surface area contributed by atoms with Gasteiger partial charge in [-0.3, -0.25) is 0 Å². The molecular formula is C16H29NO2. The first-order chi connectivity index (χ1) is 8.80. The molecule has 0 aromatic rings. The van der Waals surface area contributed by atoms with Crippen molar-refractivity contribution in [3.63, 3.8) is 0 Å². The minimum absolute atomic E-state index is 0.138. The SMILES string of the molecule is CC(C)(C)OC(=O)N1CCC(C)(C2CCCC2)CC1.